The summed E-state index contributed by atoms with van der Waals surface area (Å²) < 4.78 is 3.09. The monoisotopic (exact) mass is 287 g/mol. The van der Waals surface area contributed by atoms with Crippen molar-refractivity contribution in [2.45, 2.75) is 19.7 Å². The molecule has 0 fully saturated rings. The number of quaternary nitrogens is 1. The lowest BCUT2D eigenvalue weighted by Gasteiger charge is -2.23. The minimum absolute atomic E-state index is 0.417. The lowest BCUT2D eigenvalue weighted by molar-refractivity contribution is -0.884. The van der Waals surface area contributed by atoms with Gasteiger partial charge >= 0.3 is 0 Å². The number of hydrogen-bond acceptors (Lipinski definition) is 2. The van der Waals surface area contributed by atoms with Crippen LogP contribution in [0.15, 0.2) is 48.7 Å². The standard InChI is InChI=1S/C17H25N3O/c1-20(2,3)13-16-9-7-15(8-10-16)12-19-11-5-4-6-17(19)14-21-18/h4-11H,12-14,18H2,1-3H3/q+2. The summed E-state index contributed by atoms with van der Waals surface area (Å²) >= 11 is 0. The first-order valence-electron chi connectivity index (χ1n) is 7.15. The molecule has 0 radical (unpaired) electrons. The second-order valence-corrected chi connectivity index (χ2v) is 6.40. The minimum Gasteiger partial charge on any atom is -0.327 e. The normalized spacial score (nSPS) is 11.6. The quantitative estimate of drug-likeness (QED) is 0.498. The van der Waals surface area contributed by atoms with Crippen LogP contribution in [0.3, 0.4) is 0 Å². The van der Waals surface area contributed by atoms with Crippen molar-refractivity contribution in [2.24, 2.45) is 5.90 Å². The SMILES string of the molecule is C[N+](C)(C)Cc1ccc(C[n+]2ccccc2CON)cc1. The second-order valence-electron chi connectivity index (χ2n) is 6.40. The molecule has 4 nitrogen and oxygen atoms in total. The third-order valence-corrected chi connectivity index (χ3v) is 3.30. The van der Waals surface area contributed by atoms with Crippen LogP contribution in [0.2, 0.25) is 0 Å². The summed E-state index contributed by atoms with van der Waals surface area (Å²) in [6.07, 6.45) is 2.05. The first-order chi connectivity index (χ1) is 9.98. The third kappa shape index (κ3) is 4.93. The van der Waals surface area contributed by atoms with Crippen LogP contribution in [-0.2, 0) is 24.5 Å². The average molecular weight is 287 g/mol. The van der Waals surface area contributed by atoms with Crippen molar-refractivity contribution >= 4 is 0 Å². The van der Waals surface area contributed by atoms with Crippen LogP contribution in [0, 0.1) is 0 Å². The lowest BCUT2D eigenvalue weighted by Crippen LogP contribution is -2.39. The van der Waals surface area contributed by atoms with Gasteiger partial charge in [-0.3, -0.25) is 4.84 Å². The molecule has 2 N–H and O–H groups in total. The van der Waals surface area contributed by atoms with Gasteiger partial charge in [0.25, 0.3) is 0 Å². The molecule has 0 atom stereocenters. The van der Waals surface area contributed by atoms with Gasteiger partial charge in [0.1, 0.15) is 6.54 Å². The van der Waals surface area contributed by atoms with Gasteiger partial charge in [-0.2, -0.15) is 4.57 Å². The van der Waals surface area contributed by atoms with E-state index in [0.717, 1.165) is 23.3 Å². The van der Waals surface area contributed by atoms with Crippen molar-refractivity contribution in [3.63, 3.8) is 0 Å². The highest BCUT2D eigenvalue weighted by Gasteiger charge is 2.12. The molecule has 0 aliphatic heterocycles. The van der Waals surface area contributed by atoms with Crippen LogP contribution in [0.1, 0.15) is 16.8 Å². The Morgan fingerprint density at radius 2 is 1.67 bits per heavy atom. The Hall–Kier alpha value is -1.75. The Morgan fingerprint density at radius 1 is 1.00 bits per heavy atom. The van der Waals surface area contributed by atoms with Gasteiger partial charge in [-0.1, -0.05) is 30.3 Å². The van der Waals surface area contributed by atoms with Crippen LogP contribution in [0.4, 0.5) is 0 Å². The van der Waals surface area contributed by atoms with Gasteiger partial charge in [0.15, 0.2) is 19.3 Å². The molecule has 0 unspecified atom stereocenters. The van der Waals surface area contributed by atoms with Crippen molar-refractivity contribution in [3.05, 3.63) is 65.5 Å². The van der Waals surface area contributed by atoms with Gasteiger partial charge in [0.2, 0.25) is 5.69 Å². The van der Waals surface area contributed by atoms with E-state index in [1.54, 1.807) is 0 Å². The van der Waals surface area contributed by atoms with E-state index in [2.05, 4.69) is 50.0 Å². The highest BCUT2D eigenvalue weighted by molar-refractivity contribution is 5.21. The fourth-order valence-electron chi connectivity index (χ4n) is 2.38. The van der Waals surface area contributed by atoms with Crippen molar-refractivity contribution in [2.75, 3.05) is 21.1 Å². The summed E-state index contributed by atoms with van der Waals surface area (Å²) in [4.78, 5) is 4.76. The summed E-state index contributed by atoms with van der Waals surface area (Å²) in [5.74, 6) is 5.19. The molecule has 21 heavy (non-hydrogen) atoms. The Bertz CT molecular complexity index is 573. The molecule has 2 aromatic rings. The maximum absolute atomic E-state index is 5.19. The molecule has 0 saturated heterocycles. The molecular formula is C17H25N3O+2. The van der Waals surface area contributed by atoms with Crippen molar-refractivity contribution in [1.29, 1.82) is 0 Å². The molecule has 0 bridgehead atoms. The number of benzene rings is 1. The number of pyridine rings is 1. The molecule has 0 spiro atoms. The lowest BCUT2D eigenvalue weighted by atomic mass is 10.1. The average Bonchev–Trinajstić information content (AvgIpc) is 2.42. The summed E-state index contributed by atoms with van der Waals surface area (Å²) in [5.41, 5.74) is 3.69. The molecule has 4 heteroatoms. The highest BCUT2D eigenvalue weighted by Crippen LogP contribution is 2.09. The zero-order valence-electron chi connectivity index (χ0n) is 13.1. The Labute approximate surface area is 126 Å². The Kier molecular flexibility index (Phi) is 5.07. The number of hydrogen-bond donors (Lipinski definition) is 1. The van der Waals surface area contributed by atoms with E-state index in [1.807, 2.05) is 24.4 Å². The summed E-state index contributed by atoms with van der Waals surface area (Å²) in [6, 6.07) is 14.8. The van der Waals surface area contributed by atoms with E-state index in [9.17, 15) is 0 Å². The number of aromatic nitrogens is 1. The van der Waals surface area contributed by atoms with E-state index < -0.39 is 0 Å². The molecule has 0 amide bonds. The number of nitrogens with two attached hydrogens (primary N) is 1. The first-order valence-corrected chi connectivity index (χ1v) is 7.15. The van der Waals surface area contributed by atoms with Gasteiger partial charge in [-0.05, 0) is 0 Å². The van der Waals surface area contributed by atoms with Crippen LogP contribution in [-0.4, -0.2) is 25.6 Å². The molecule has 0 aliphatic carbocycles. The molecule has 1 aromatic carbocycles. The maximum atomic E-state index is 5.19. The molecule has 112 valence electrons. The van der Waals surface area contributed by atoms with Gasteiger partial charge in [0, 0.05) is 23.3 Å². The van der Waals surface area contributed by atoms with Crippen molar-refractivity contribution < 1.29 is 13.9 Å². The van der Waals surface area contributed by atoms with Crippen LogP contribution in [0.25, 0.3) is 0 Å². The van der Waals surface area contributed by atoms with Gasteiger partial charge in [-0.15, -0.1) is 0 Å². The van der Waals surface area contributed by atoms with E-state index in [-0.39, 0.29) is 0 Å². The van der Waals surface area contributed by atoms with E-state index in [0.29, 0.717) is 6.61 Å². The predicted molar refractivity (Wildman–Crippen MR) is 82.9 cm³/mol. The van der Waals surface area contributed by atoms with E-state index >= 15 is 0 Å². The summed E-state index contributed by atoms with van der Waals surface area (Å²) in [5, 5.41) is 0. The predicted octanol–water partition coefficient (Wildman–Crippen LogP) is 1.62. The minimum atomic E-state index is 0.417. The van der Waals surface area contributed by atoms with Gasteiger partial charge in [0.05, 0.1) is 21.1 Å². The Balaban J connectivity index is 2.10. The molecule has 1 aromatic heterocycles. The fourth-order valence-corrected chi connectivity index (χ4v) is 2.38. The number of rotatable bonds is 6. The molecule has 0 saturated carbocycles. The Morgan fingerprint density at radius 3 is 2.29 bits per heavy atom. The highest BCUT2D eigenvalue weighted by atomic mass is 16.6. The van der Waals surface area contributed by atoms with Crippen LogP contribution >= 0.6 is 0 Å². The van der Waals surface area contributed by atoms with Crippen molar-refractivity contribution in [1.82, 2.24) is 0 Å². The molecule has 1 heterocycles. The zero-order chi connectivity index (χ0) is 15.3. The topological polar surface area (TPSA) is 39.1 Å². The first kappa shape index (κ1) is 15.6. The molecule has 2 rings (SSSR count). The van der Waals surface area contributed by atoms with Crippen LogP contribution < -0.4 is 10.5 Å². The van der Waals surface area contributed by atoms with E-state index in [1.165, 1.54) is 11.1 Å². The number of nitrogens with zero attached hydrogens (tertiary/aromatic N) is 2. The largest absolute Gasteiger partial charge is 0.327 e. The maximum Gasteiger partial charge on any atom is 0.209 e. The summed E-state index contributed by atoms with van der Waals surface area (Å²) in [6.45, 7) is 2.27. The zero-order valence-corrected chi connectivity index (χ0v) is 13.1. The molecular weight excluding hydrogens is 262 g/mol. The van der Waals surface area contributed by atoms with Gasteiger partial charge in [-0.25, -0.2) is 5.90 Å². The van der Waals surface area contributed by atoms with E-state index in [4.69, 9.17) is 10.7 Å². The second kappa shape index (κ2) is 6.80. The van der Waals surface area contributed by atoms with Gasteiger partial charge < -0.3 is 4.48 Å². The smallest absolute Gasteiger partial charge is 0.209 e. The fraction of sp³-hybridized carbons (Fsp3) is 0.353. The van der Waals surface area contributed by atoms with Crippen molar-refractivity contribution in [3.8, 4) is 0 Å². The summed E-state index contributed by atoms with van der Waals surface area (Å²) in [7, 11) is 6.60. The van der Waals surface area contributed by atoms with Crippen LogP contribution in [0.5, 0.6) is 0 Å². The molecule has 0 aliphatic rings. The third-order valence-electron chi connectivity index (χ3n) is 3.30.